The van der Waals surface area contributed by atoms with Gasteiger partial charge in [-0.15, -0.1) is 0 Å². The Kier molecular flexibility index (Phi) is 8.18. The lowest BCUT2D eigenvalue weighted by atomic mass is 9.96. The first-order valence-electron chi connectivity index (χ1n) is 12.5. The number of ether oxygens (including phenoxy) is 3. The van der Waals surface area contributed by atoms with Crippen LogP contribution < -0.4 is 4.74 Å². The zero-order chi connectivity index (χ0) is 28.6. The van der Waals surface area contributed by atoms with Crippen molar-refractivity contribution >= 4 is 21.0 Å². The minimum atomic E-state index is -5.62. The van der Waals surface area contributed by atoms with Crippen molar-refractivity contribution in [3.8, 4) is 5.75 Å². The Hall–Kier alpha value is -2.50. The highest BCUT2D eigenvalue weighted by molar-refractivity contribution is 7.97. The molecule has 4 unspecified atom stereocenters. The highest BCUT2D eigenvalue weighted by Crippen LogP contribution is 2.41. The van der Waals surface area contributed by atoms with Gasteiger partial charge in [0.25, 0.3) is 0 Å². The van der Waals surface area contributed by atoms with Crippen LogP contribution >= 0.6 is 0 Å². The molecule has 1 aliphatic heterocycles. The summed E-state index contributed by atoms with van der Waals surface area (Å²) in [6.45, 7) is 8.98. The Labute approximate surface area is 231 Å². The Balaban J connectivity index is 1.63. The molecule has 39 heavy (non-hydrogen) atoms. The van der Waals surface area contributed by atoms with Gasteiger partial charge in [-0.3, -0.25) is 4.55 Å². The molecule has 4 rings (SSSR count). The molecule has 1 fully saturated rings. The maximum absolute atomic E-state index is 13.9. The highest BCUT2D eigenvalue weighted by Gasteiger charge is 2.51. The Morgan fingerprint density at radius 3 is 1.97 bits per heavy atom. The van der Waals surface area contributed by atoms with Gasteiger partial charge in [0.1, 0.15) is 5.75 Å². The van der Waals surface area contributed by atoms with Gasteiger partial charge in [-0.2, -0.15) is 17.2 Å². The maximum atomic E-state index is 13.9. The third-order valence-corrected chi connectivity index (χ3v) is 9.71. The second kappa shape index (κ2) is 10.8. The third-order valence-electron chi connectivity index (χ3n) is 6.46. The quantitative estimate of drug-likeness (QED) is 0.233. The molecule has 3 aromatic carbocycles. The lowest BCUT2D eigenvalue weighted by Crippen LogP contribution is -2.48. The van der Waals surface area contributed by atoms with Gasteiger partial charge in [-0.05, 0) is 95.3 Å². The molecular weight excluding hydrogens is 546 g/mol. The zero-order valence-electron chi connectivity index (χ0n) is 22.4. The topological polar surface area (TPSA) is 82.1 Å². The van der Waals surface area contributed by atoms with E-state index >= 15 is 0 Å². The molecule has 1 aliphatic rings. The van der Waals surface area contributed by atoms with E-state index in [0.717, 1.165) is 33.6 Å². The van der Waals surface area contributed by atoms with Crippen LogP contribution in [0.15, 0.2) is 93.5 Å². The normalized spacial score (nSPS) is 23.1. The fraction of sp³-hybridized carbons (Fsp3) is 0.379. The fourth-order valence-electron chi connectivity index (χ4n) is 4.83. The highest BCUT2D eigenvalue weighted by atomic mass is 32.2. The molecule has 0 spiro atoms. The number of benzene rings is 3. The molecule has 0 bridgehead atoms. The smallest absolute Gasteiger partial charge is 0.405 e. The van der Waals surface area contributed by atoms with Crippen molar-refractivity contribution in [2.24, 2.45) is 0 Å². The fourth-order valence-corrected chi connectivity index (χ4v) is 7.36. The Morgan fingerprint density at radius 2 is 1.46 bits per heavy atom. The molecule has 1 N–H and O–H groups in total. The summed E-state index contributed by atoms with van der Waals surface area (Å²) in [5.41, 5.74) is 0.575. The molecular formula is C29H33F2O6S2+. The minimum Gasteiger partial charge on any atom is -0.483 e. The summed E-state index contributed by atoms with van der Waals surface area (Å²) in [4.78, 5) is 2.98. The molecule has 1 heterocycles. The van der Waals surface area contributed by atoms with Gasteiger partial charge in [-0.25, -0.2) is 0 Å². The molecule has 0 aliphatic carbocycles. The standard InChI is InChI=1S/C29H32F2O6S2/c1-20-19-27(3,4)37-28(5,36-20)22-11-15-25(16-12-22)38(24-9-7-6-8-10-24)26-17-13-23(14-18-26)35-21(2)29(30,31)39(32,33)34/h6-18,20-21H,19H2,1-5H3/p+1. The first kappa shape index (κ1) is 29.5. The first-order valence-corrected chi connectivity index (χ1v) is 15.2. The minimum absolute atomic E-state index is 0.0401. The van der Waals surface area contributed by atoms with Gasteiger partial charge in [0, 0.05) is 12.0 Å². The van der Waals surface area contributed by atoms with Crippen LogP contribution in [0, 0.1) is 0 Å². The average Bonchev–Trinajstić information content (AvgIpc) is 2.84. The lowest BCUT2D eigenvalue weighted by Gasteiger charge is -2.46. The molecule has 3 aromatic rings. The van der Waals surface area contributed by atoms with Crippen molar-refractivity contribution in [1.29, 1.82) is 0 Å². The summed E-state index contributed by atoms with van der Waals surface area (Å²) < 4.78 is 76.5. The van der Waals surface area contributed by atoms with Crippen LogP contribution in [0.3, 0.4) is 0 Å². The summed E-state index contributed by atoms with van der Waals surface area (Å²) >= 11 is 0. The Bertz CT molecular complexity index is 1380. The second-order valence-electron chi connectivity index (χ2n) is 10.4. The van der Waals surface area contributed by atoms with E-state index in [9.17, 15) is 17.2 Å². The molecule has 0 amide bonds. The van der Waals surface area contributed by atoms with E-state index in [1.807, 2.05) is 68.4 Å². The van der Waals surface area contributed by atoms with Crippen molar-refractivity contribution in [3.05, 3.63) is 84.4 Å². The van der Waals surface area contributed by atoms with Crippen LogP contribution in [-0.2, 0) is 36.3 Å². The van der Waals surface area contributed by atoms with Gasteiger partial charge >= 0.3 is 15.4 Å². The van der Waals surface area contributed by atoms with Crippen molar-refractivity contribution in [3.63, 3.8) is 0 Å². The molecule has 1 saturated heterocycles. The van der Waals surface area contributed by atoms with E-state index in [1.54, 1.807) is 12.1 Å². The largest absolute Gasteiger partial charge is 0.483 e. The van der Waals surface area contributed by atoms with E-state index in [2.05, 4.69) is 13.8 Å². The van der Waals surface area contributed by atoms with E-state index in [1.165, 1.54) is 12.1 Å². The van der Waals surface area contributed by atoms with Crippen molar-refractivity contribution < 1.29 is 36.0 Å². The molecule has 0 radical (unpaired) electrons. The number of hydrogen-bond donors (Lipinski definition) is 1. The predicted octanol–water partition coefficient (Wildman–Crippen LogP) is 6.81. The van der Waals surface area contributed by atoms with Crippen molar-refractivity contribution in [2.45, 2.75) is 84.6 Å². The van der Waals surface area contributed by atoms with Crippen molar-refractivity contribution in [2.75, 3.05) is 0 Å². The predicted molar refractivity (Wildman–Crippen MR) is 146 cm³/mol. The van der Waals surface area contributed by atoms with Gasteiger partial charge in [0.15, 0.2) is 26.6 Å². The van der Waals surface area contributed by atoms with Crippen molar-refractivity contribution in [1.82, 2.24) is 0 Å². The summed E-state index contributed by atoms with van der Waals surface area (Å²) in [7, 11) is -6.15. The van der Waals surface area contributed by atoms with Gasteiger partial charge in [0.2, 0.25) is 0 Å². The van der Waals surface area contributed by atoms with Crippen LogP contribution in [0.5, 0.6) is 5.75 Å². The molecule has 0 aromatic heterocycles. The summed E-state index contributed by atoms with van der Waals surface area (Å²) in [6.07, 6.45) is -1.25. The summed E-state index contributed by atoms with van der Waals surface area (Å²) in [6, 6.07) is 24.5. The van der Waals surface area contributed by atoms with E-state index in [0.29, 0.717) is 0 Å². The average molecular weight is 580 g/mol. The first-order chi connectivity index (χ1) is 18.1. The lowest BCUT2D eigenvalue weighted by molar-refractivity contribution is -0.339. The van der Waals surface area contributed by atoms with Gasteiger partial charge in [-0.1, -0.05) is 18.2 Å². The zero-order valence-corrected chi connectivity index (χ0v) is 24.1. The van der Waals surface area contributed by atoms with Crippen LogP contribution in [-0.4, -0.2) is 36.0 Å². The number of alkyl halides is 2. The van der Waals surface area contributed by atoms with Crippen LogP contribution in [0.25, 0.3) is 0 Å². The summed E-state index contributed by atoms with van der Waals surface area (Å²) in [5, 5.41) is -4.45. The van der Waals surface area contributed by atoms with Gasteiger partial charge in [0.05, 0.1) is 22.6 Å². The van der Waals surface area contributed by atoms with E-state index in [4.69, 9.17) is 18.8 Å². The molecule has 210 valence electrons. The molecule has 6 nitrogen and oxygen atoms in total. The third kappa shape index (κ3) is 6.47. The molecule has 4 atom stereocenters. The van der Waals surface area contributed by atoms with Crippen LogP contribution in [0.1, 0.15) is 46.6 Å². The van der Waals surface area contributed by atoms with E-state index in [-0.39, 0.29) is 17.5 Å². The number of rotatable bonds is 8. The number of halogens is 2. The SMILES string of the molecule is CC1CC(C)(C)OC(C)(c2ccc([S+](c3ccccc3)c3ccc(OC(C)C(F)(F)S(=O)(=O)O)cc3)cc2)O1. The maximum Gasteiger partial charge on any atom is 0.405 e. The number of hydrogen-bond acceptors (Lipinski definition) is 5. The monoisotopic (exact) mass is 579 g/mol. The van der Waals surface area contributed by atoms with Crippen LogP contribution in [0.2, 0.25) is 0 Å². The molecule has 10 heteroatoms. The summed E-state index contributed by atoms with van der Waals surface area (Å²) in [5.74, 6) is -0.831. The van der Waals surface area contributed by atoms with Crippen LogP contribution in [0.4, 0.5) is 8.78 Å². The van der Waals surface area contributed by atoms with E-state index < -0.39 is 38.2 Å². The molecule has 0 saturated carbocycles. The Morgan fingerprint density at radius 1 is 0.949 bits per heavy atom. The second-order valence-corrected chi connectivity index (χ2v) is 13.9. The van der Waals surface area contributed by atoms with Gasteiger partial charge < -0.3 is 14.2 Å².